The van der Waals surface area contributed by atoms with Gasteiger partial charge in [-0.25, -0.2) is 9.97 Å². The molecule has 2 N–H and O–H groups in total. The number of primary amides is 1. The maximum atomic E-state index is 11.4. The van der Waals surface area contributed by atoms with Crippen molar-refractivity contribution in [3.8, 4) is 5.88 Å². The molecule has 3 rings (SSSR count). The van der Waals surface area contributed by atoms with Gasteiger partial charge in [0.2, 0.25) is 5.65 Å². The summed E-state index contributed by atoms with van der Waals surface area (Å²) in [4.78, 5) is 20.1. The van der Waals surface area contributed by atoms with Gasteiger partial charge in [-0.05, 0) is 19.8 Å². The van der Waals surface area contributed by atoms with Crippen molar-refractivity contribution >= 4 is 11.6 Å². The van der Waals surface area contributed by atoms with Crippen LogP contribution in [0.5, 0.6) is 5.88 Å². The number of imidazole rings is 1. The Hall–Kier alpha value is -2.15. The van der Waals surface area contributed by atoms with E-state index in [1.165, 1.54) is 0 Å². The molecule has 2 aromatic heterocycles. The van der Waals surface area contributed by atoms with Gasteiger partial charge in [0.1, 0.15) is 5.69 Å². The first-order valence-electron chi connectivity index (χ1n) is 7.09. The Morgan fingerprint density at radius 3 is 2.86 bits per heavy atom. The van der Waals surface area contributed by atoms with Crippen LogP contribution < -0.4 is 10.5 Å². The van der Waals surface area contributed by atoms with Crippen LogP contribution in [0.3, 0.4) is 0 Å². The first-order chi connectivity index (χ1) is 10.2. The fourth-order valence-corrected chi connectivity index (χ4v) is 2.53. The molecule has 0 bridgehead atoms. The lowest BCUT2D eigenvalue weighted by atomic mass is 9.97. The maximum Gasteiger partial charge on any atom is 0.268 e. The van der Waals surface area contributed by atoms with Gasteiger partial charge in [-0.2, -0.15) is 0 Å². The minimum Gasteiger partial charge on any atom is -0.475 e. The highest BCUT2D eigenvalue weighted by molar-refractivity contribution is 5.91. The molecule has 0 atom stereocenters. The second-order valence-electron chi connectivity index (χ2n) is 5.01. The van der Waals surface area contributed by atoms with E-state index in [-0.39, 0.29) is 5.69 Å². The minimum absolute atomic E-state index is 0.168. The largest absolute Gasteiger partial charge is 0.475 e. The van der Waals surface area contributed by atoms with Crippen molar-refractivity contribution in [2.75, 3.05) is 19.8 Å². The zero-order chi connectivity index (χ0) is 14.8. The number of hydrogen-bond donors (Lipinski definition) is 1. The van der Waals surface area contributed by atoms with E-state index in [1.807, 2.05) is 13.1 Å². The zero-order valence-corrected chi connectivity index (χ0v) is 11.9. The third-order valence-corrected chi connectivity index (χ3v) is 3.60. The summed E-state index contributed by atoms with van der Waals surface area (Å²) >= 11 is 0. The molecule has 0 unspecified atom stereocenters. The Labute approximate surface area is 122 Å². The number of fused-ring (bicyclic) bond motifs is 1. The van der Waals surface area contributed by atoms with Crippen molar-refractivity contribution in [3.63, 3.8) is 0 Å². The van der Waals surface area contributed by atoms with Crippen LogP contribution in [0, 0.1) is 0 Å². The highest BCUT2D eigenvalue weighted by Gasteiger charge is 2.21. The Balaban J connectivity index is 2.05. The molecular formula is C14H18N4O3. The number of nitrogens with two attached hydrogens (primary N) is 1. The molecule has 1 aliphatic rings. The second-order valence-corrected chi connectivity index (χ2v) is 5.01. The number of aromatic nitrogens is 3. The summed E-state index contributed by atoms with van der Waals surface area (Å²) in [6.45, 7) is 3.81. The summed E-state index contributed by atoms with van der Waals surface area (Å²) in [5, 5.41) is 0. The van der Waals surface area contributed by atoms with Gasteiger partial charge in [0.25, 0.3) is 11.8 Å². The summed E-state index contributed by atoms with van der Waals surface area (Å²) in [5.41, 5.74) is 7.07. The predicted molar refractivity (Wildman–Crippen MR) is 75.5 cm³/mol. The van der Waals surface area contributed by atoms with E-state index in [4.69, 9.17) is 15.2 Å². The third-order valence-electron chi connectivity index (χ3n) is 3.60. The number of rotatable bonds is 4. The van der Waals surface area contributed by atoms with E-state index in [0.29, 0.717) is 24.1 Å². The summed E-state index contributed by atoms with van der Waals surface area (Å²) in [6.07, 6.45) is 5.41. The molecule has 0 saturated carbocycles. The maximum absolute atomic E-state index is 11.4. The quantitative estimate of drug-likeness (QED) is 0.911. The number of nitrogens with zero attached hydrogens (tertiary/aromatic N) is 3. The van der Waals surface area contributed by atoms with E-state index in [0.717, 1.165) is 31.7 Å². The molecule has 2 aromatic rings. The van der Waals surface area contributed by atoms with Crippen molar-refractivity contribution in [1.29, 1.82) is 0 Å². The van der Waals surface area contributed by atoms with Crippen LogP contribution in [-0.2, 0) is 4.74 Å². The van der Waals surface area contributed by atoms with Crippen molar-refractivity contribution in [1.82, 2.24) is 14.4 Å². The molecule has 1 fully saturated rings. The standard InChI is InChI=1S/C14H18N4O3/c1-2-21-14-13-16-10(9-3-5-20-6-4-9)7-18(13)8-11(17-14)12(15)19/h7-9H,2-6H2,1H3,(H2,15,19). The van der Waals surface area contributed by atoms with Gasteiger partial charge in [0.15, 0.2) is 0 Å². The van der Waals surface area contributed by atoms with Crippen LogP contribution >= 0.6 is 0 Å². The Morgan fingerprint density at radius 2 is 2.19 bits per heavy atom. The number of amides is 1. The van der Waals surface area contributed by atoms with E-state index in [2.05, 4.69) is 9.97 Å². The number of hydrogen-bond acceptors (Lipinski definition) is 5. The van der Waals surface area contributed by atoms with Gasteiger partial charge < -0.3 is 15.2 Å². The van der Waals surface area contributed by atoms with Crippen LogP contribution in [0.2, 0.25) is 0 Å². The summed E-state index contributed by atoms with van der Waals surface area (Å²) in [7, 11) is 0. The molecule has 21 heavy (non-hydrogen) atoms. The van der Waals surface area contributed by atoms with Crippen molar-refractivity contribution in [2.24, 2.45) is 5.73 Å². The van der Waals surface area contributed by atoms with E-state index >= 15 is 0 Å². The van der Waals surface area contributed by atoms with E-state index in [1.54, 1.807) is 10.6 Å². The lowest BCUT2D eigenvalue weighted by Crippen LogP contribution is -2.15. The van der Waals surface area contributed by atoms with Gasteiger partial charge in [-0.15, -0.1) is 0 Å². The molecule has 1 amide bonds. The topological polar surface area (TPSA) is 91.7 Å². The molecule has 0 radical (unpaired) electrons. The summed E-state index contributed by atoms with van der Waals surface area (Å²) < 4.78 is 12.6. The Kier molecular flexibility index (Phi) is 3.74. The monoisotopic (exact) mass is 290 g/mol. The Morgan fingerprint density at radius 1 is 1.43 bits per heavy atom. The molecule has 1 aliphatic heterocycles. The van der Waals surface area contributed by atoms with Crippen molar-refractivity contribution in [3.05, 3.63) is 23.8 Å². The smallest absolute Gasteiger partial charge is 0.268 e. The lowest BCUT2D eigenvalue weighted by molar-refractivity contribution is 0.0846. The zero-order valence-electron chi connectivity index (χ0n) is 11.9. The van der Waals surface area contributed by atoms with Crippen molar-refractivity contribution in [2.45, 2.75) is 25.7 Å². The highest BCUT2D eigenvalue weighted by atomic mass is 16.5. The van der Waals surface area contributed by atoms with E-state index < -0.39 is 5.91 Å². The van der Waals surface area contributed by atoms with Crippen LogP contribution in [0.4, 0.5) is 0 Å². The van der Waals surface area contributed by atoms with Gasteiger partial charge in [0.05, 0.1) is 12.3 Å². The second kappa shape index (κ2) is 5.69. The predicted octanol–water partition coefficient (Wildman–Crippen LogP) is 1.12. The molecular weight excluding hydrogens is 272 g/mol. The summed E-state index contributed by atoms with van der Waals surface area (Å²) in [6, 6.07) is 0. The molecule has 112 valence electrons. The lowest BCUT2D eigenvalue weighted by Gasteiger charge is -2.19. The van der Waals surface area contributed by atoms with Crippen molar-refractivity contribution < 1.29 is 14.3 Å². The normalized spacial score (nSPS) is 16.2. The highest BCUT2D eigenvalue weighted by Crippen LogP contribution is 2.28. The van der Waals surface area contributed by atoms with Crippen LogP contribution in [0.25, 0.3) is 5.65 Å². The molecule has 0 aromatic carbocycles. The number of carbonyl (C=O) groups excluding carboxylic acids is 1. The fraction of sp³-hybridized carbons (Fsp3) is 0.500. The molecule has 0 spiro atoms. The van der Waals surface area contributed by atoms with Crippen LogP contribution in [0.1, 0.15) is 41.9 Å². The number of ether oxygens (including phenoxy) is 2. The minimum atomic E-state index is -0.584. The fourth-order valence-electron chi connectivity index (χ4n) is 2.53. The van der Waals surface area contributed by atoms with Gasteiger partial charge in [0, 0.05) is 31.5 Å². The SMILES string of the molecule is CCOc1nc(C(N)=O)cn2cc(C3CCOCC3)nc12. The first kappa shape index (κ1) is 13.8. The average molecular weight is 290 g/mol. The van der Waals surface area contributed by atoms with Gasteiger partial charge in [-0.1, -0.05) is 0 Å². The molecule has 0 aliphatic carbocycles. The molecule has 7 nitrogen and oxygen atoms in total. The average Bonchev–Trinajstić information content (AvgIpc) is 2.92. The summed E-state index contributed by atoms with van der Waals surface area (Å²) in [5.74, 6) is 0.122. The van der Waals surface area contributed by atoms with Crippen LogP contribution in [-0.4, -0.2) is 40.1 Å². The van der Waals surface area contributed by atoms with Gasteiger partial charge in [-0.3, -0.25) is 9.20 Å². The molecule has 7 heteroatoms. The van der Waals surface area contributed by atoms with Gasteiger partial charge >= 0.3 is 0 Å². The van der Waals surface area contributed by atoms with E-state index in [9.17, 15) is 4.79 Å². The first-order valence-corrected chi connectivity index (χ1v) is 7.09. The third kappa shape index (κ3) is 2.69. The molecule has 3 heterocycles. The van der Waals surface area contributed by atoms with Crippen LogP contribution in [0.15, 0.2) is 12.4 Å². The number of carbonyl (C=O) groups is 1. The molecule has 1 saturated heterocycles. The Bertz CT molecular complexity index is 662.